The first-order valence-corrected chi connectivity index (χ1v) is 3.94. The van der Waals surface area contributed by atoms with E-state index in [1.165, 1.54) is 6.32 Å². The SMILES string of the molecule is BCC(I)CS. The second-order valence-corrected chi connectivity index (χ2v) is 3.31. The summed E-state index contributed by atoms with van der Waals surface area (Å²) in [6, 6.07) is 0. The lowest BCUT2D eigenvalue weighted by molar-refractivity contribution is 1.18. The maximum absolute atomic E-state index is 4.09. The van der Waals surface area contributed by atoms with E-state index in [0.717, 1.165) is 9.68 Å². The number of halogens is 1. The van der Waals surface area contributed by atoms with Crippen LogP contribution in [0.25, 0.3) is 0 Å². The summed E-state index contributed by atoms with van der Waals surface area (Å²) >= 11 is 6.48. The average Bonchev–Trinajstić information content (AvgIpc) is 1.65. The third-order valence-electron chi connectivity index (χ3n) is 0.641. The number of hydrogen-bond acceptors (Lipinski definition) is 1. The van der Waals surface area contributed by atoms with Gasteiger partial charge in [-0.05, 0) is 0 Å². The Morgan fingerprint density at radius 3 is 2.33 bits per heavy atom. The Kier molecular flexibility index (Phi) is 5.13. The van der Waals surface area contributed by atoms with Crippen molar-refractivity contribution in [3.63, 3.8) is 0 Å². The largest absolute Gasteiger partial charge is 0.178 e. The topological polar surface area (TPSA) is 0 Å². The lowest BCUT2D eigenvalue weighted by atomic mass is 10.0. The van der Waals surface area contributed by atoms with Crippen molar-refractivity contribution in [2.75, 3.05) is 5.75 Å². The number of alkyl halides is 1. The van der Waals surface area contributed by atoms with E-state index in [1.807, 2.05) is 0 Å². The lowest BCUT2D eigenvalue weighted by Crippen LogP contribution is -1.95. The molecule has 0 saturated heterocycles. The van der Waals surface area contributed by atoms with Crippen LogP contribution in [-0.4, -0.2) is 17.5 Å². The van der Waals surface area contributed by atoms with Gasteiger partial charge in [0.2, 0.25) is 0 Å². The Morgan fingerprint density at radius 1 is 1.83 bits per heavy atom. The van der Waals surface area contributed by atoms with E-state index in [9.17, 15) is 0 Å². The number of hydrogen-bond donors (Lipinski definition) is 1. The van der Waals surface area contributed by atoms with Gasteiger partial charge in [-0.25, -0.2) is 0 Å². The molecule has 0 saturated carbocycles. The summed E-state index contributed by atoms with van der Waals surface area (Å²) in [5.41, 5.74) is 0. The van der Waals surface area contributed by atoms with Gasteiger partial charge in [-0.2, -0.15) is 12.6 Å². The highest BCUT2D eigenvalue weighted by Gasteiger charge is 1.91. The molecule has 0 bridgehead atoms. The monoisotopic (exact) mass is 214 g/mol. The van der Waals surface area contributed by atoms with Gasteiger partial charge in [-0.15, -0.1) is 0 Å². The van der Waals surface area contributed by atoms with Gasteiger partial charge >= 0.3 is 0 Å². The highest BCUT2D eigenvalue weighted by atomic mass is 127. The average molecular weight is 214 g/mol. The molecule has 0 fully saturated rings. The molecule has 0 amide bonds. The van der Waals surface area contributed by atoms with Crippen molar-refractivity contribution < 1.29 is 0 Å². The first kappa shape index (κ1) is 7.14. The summed E-state index contributed by atoms with van der Waals surface area (Å²) in [5.74, 6) is 1.01. The lowest BCUT2D eigenvalue weighted by Gasteiger charge is -1.95. The molecule has 1 atom stereocenters. The Hall–Kier alpha value is 1.14. The maximum atomic E-state index is 4.09. The Balaban J connectivity index is 2.75. The van der Waals surface area contributed by atoms with Gasteiger partial charge in [0, 0.05) is 9.68 Å². The van der Waals surface area contributed by atoms with Crippen molar-refractivity contribution in [1.29, 1.82) is 0 Å². The fourth-order valence-electron chi connectivity index (χ4n) is 0.129. The van der Waals surface area contributed by atoms with Gasteiger partial charge in [-0.1, -0.05) is 28.9 Å². The molecule has 0 aromatic rings. The summed E-state index contributed by atoms with van der Waals surface area (Å²) in [6.07, 6.45) is 1.24. The Labute approximate surface area is 59.0 Å². The van der Waals surface area contributed by atoms with Crippen LogP contribution in [0.2, 0.25) is 6.32 Å². The molecule has 0 aromatic heterocycles. The van der Waals surface area contributed by atoms with Crippen LogP contribution in [-0.2, 0) is 0 Å². The third-order valence-corrected chi connectivity index (χ3v) is 3.10. The zero-order valence-corrected chi connectivity index (χ0v) is 6.87. The minimum Gasteiger partial charge on any atom is -0.178 e. The van der Waals surface area contributed by atoms with Crippen molar-refractivity contribution in [3.05, 3.63) is 0 Å². The van der Waals surface area contributed by atoms with Gasteiger partial charge in [0.15, 0.2) is 0 Å². The van der Waals surface area contributed by atoms with E-state index < -0.39 is 0 Å². The minimum atomic E-state index is 0.769. The molecule has 36 valence electrons. The molecule has 0 aromatic carbocycles. The van der Waals surface area contributed by atoms with Gasteiger partial charge in [-0.3, -0.25) is 0 Å². The van der Waals surface area contributed by atoms with Crippen LogP contribution < -0.4 is 0 Å². The molecular formula is C3H8BIS. The van der Waals surface area contributed by atoms with E-state index in [1.54, 1.807) is 0 Å². The molecular weight excluding hydrogens is 206 g/mol. The van der Waals surface area contributed by atoms with Gasteiger partial charge in [0.1, 0.15) is 7.85 Å². The first-order valence-electron chi connectivity index (χ1n) is 2.06. The molecule has 0 aliphatic carbocycles. The summed E-state index contributed by atoms with van der Waals surface area (Å²) in [5, 5.41) is 0. The maximum Gasteiger partial charge on any atom is 0.102 e. The molecule has 1 unspecified atom stereocenters. The van der Waals surface area contributed by atoms with Crippen LogP contribution in [0.15, 0.2) is 0 Å². The van der Waals surface area contributed by atoms with Gasteiger partial charge in [0.05, 0.1) is 0 Å². The normalized spacial score (nSPS) is 14.3. The molecule has 0 heterocycles. The smallest absolute Gasteiger partial charge is 0.102 e. The molecule has 0 N–H and O–H groups in total. The first-order chi connectivity index (χ1) is 2.81. The van der Waals surface area contributed by atoms with Crippen LogP contribution in [0.3, 0.4) is 0 Å². The van der Waals surface area contributed by atoms with Crippen LogP contribution >= 0.6 is 35.2 Å². The van der Waals surface area contributed by atoms with Crippen molar-refractivity contribution in [2.24, 2.45) is 0 Å². The predicted molar refractivity (Wildman–Crippen MR) is 45.0 cm³/mol. The van der Waals surface area contributed by atoms with Crippen molar-refractivity contribution in [3.8, 4) is 0 Å². The third kappa shape index (κ3) is 3.34. The minimum absolute atomic E-state index is 0.769. The van der Waals surface area contributed by atoms with Gasteiger partial charge < -0.3 is 0 Å². The second kappa shape index (κ2) is 4.31. The zero-order valence-electron chi connectivity index (χ0n) is 3.82. The van der Waals surface area contributed by atoms with Crippen LogP contribution in [0.5, 0.6) is 0 Å². The number of thiol groups is 1. The highest BCUT2D eigenvalue weighted by molar-refractivity contribution is 14.1. The van der Waals surface area contributed by atoms with Crippen molar-refractivity contribution in [1.82, 2.24) is 0 Å². The summed E-state index contributed by atoms with van der Waals surface area (Å²) in [6.45, 7) is 0. The molecule has 0 rings (SSSR count). The van der Waals surface area contributed by atoms with E-state index >= 15 is 0 Å². The Bertz CT molecular complexity index is 30.0. The summed E-state index contributed by atoms with van der Waals surface area (Å²) < 4.78 is 0.769. The highest BCUT2D eigenvalue weighted by Crippen LogP contribution is 2.04. The molecule has 0 radical (unpaired) electrons. The van der Waals surface area contributed by atoms with E-state index in [4.69, 9.17) is 0 Å². The van der Waals surface area contributed by atoms with Crippen molar-refractivity contribution >= 4 is 43.1 Å². The zero-order chi connectivity index (χ0) is 4.99. The fraction of sp³-hybridized carbons (Fsp3) is 1.00. The van der Waals surface area contributed by atoms with Crippen LogP contribution in [0, 0.1) is 0 Å². The van der Waals surface area contributed by atoms with Crippen molar-refractivity contribution in [2.45, 2.75) is 10.2 Å². The van der Waals surface area contributed by atoms with E-state index in [2.05, 4.69) is 43.1 Å². The molecule has 0 nitrogen and oxygen atoms in total. The molecule has 3 heteroatoms. The molecule has 0 spiro atoms. The predicted octanol–water partition coefficient (Wildman–Crippen LogP) is 0.771. The molecule has 6 heavy (non-hydrogen) atoms. The molecule has 0 aliphatic rings. The Morgan fingerprint density at radius 2 is 2.33 bits per heavy atom. The van der Waals surface area contributed by atoms with E-state index in [-0.39, 0.29) is 0 Å². The van der Waals surface area contributed by atoms with Crippen LogP contribution in [0.1, 0.15) is 0 Å². The van der Waals surface area contributed by atoms with Gasteiger partial charge in [0.25, 0.3) is 0 Å². The number of rotatable bonds is 2. The summed E-state index contributed by atoms with van der Waals surface area (Å²) in [4.78, 5) is 0. The quantitative estimate of drug-likeness (QED) is 0.298. The van der Waals surface area contributed by atoms with E-state index in [0.29, 0.717) is 0 Å². The van der Waals surface area contributed by atoms with Crippen LogP contribution in [0.4, 0.5) is 0 Å². The fourth-order valence-corrected chi connectivity index (χ4v) is 0.387. The molecule has 0 aliphatic heterocycles. The summed E-state index contributed by atoms with van der Waals surface area (Å²) in [7, 11) is 2.17. The second-order valence-electron chi connectivity index (χ2n) is 1.19. The standard InChI is InChI=1S/C3H8BIS/c4-1-3(5)2-6/h3,6H,1-2,4H2.